The number of hydrogen-bond donors (Lipinski definition) is 2. The summed E-state index contributed by atoms with van der Waals surface area (Å²) in [6.45, 7) is 1.47. The minimum absolute atomic E-state index is 0.0249. The predicted molar refractivity (Wildman–Crippen MR) is 136 cm³/mol. The summed E-state index contributed by atoms with van der Waals surface area (Å²) in [6, 6.07) is 6.87. The lowest BCUT2D eigenvalue weighted by Gasteiger charge is -2.44. The highest BCUT2D eigenvalue weighted by molar-refractivity contribution is 7.91. The maximum absolute atomic E-state index is 13.8. The third-order valence-electron chi connectivity index (χ3n) is 7.11. The molecule has 1 amide bonds. The van der Waals surface area contributed by atoms with E-state index in [9.17, 15) is 31.6 Å². The van der Waals surface area contributed by atoms with Crippen LogP contribution in [0.2, 0.25) is 0 Å². The van der Waals surface area contributed by atoms with Crippen molar-refractivity contribution in [1.29, 1.82) is 0 Å². The monoisotopic (exact) mass is 572 g/mol. The van der Waals surface area contributed by atoms with Crippen LogP contribution in [-0.4, -0.2) is 90.6 Å². The van der Waals surface area contributed by atoms with E-state index in [0.29, 0.717) is 24.7 Å². The first-order valence-electron chi connectivity index (χ1n) is 12.6. The van der Waals surface area contributed by atoms with Crippen LogP contribution >= 0.6 is 0 Å². The van der Waals surface area contributed by atoms with Gasteiger partial charge in [0.25, 0.3) is 5.91 Å². The van der Waals surface area contributed by atoms with Gasteiger partial charge in [0, 0.05) is 63.8 Å². The van der Waals surface area contributed by atoms with Gasteiger partial charge in [0.1, 0.15) is 11.6 Å². The van der Waals surface area contributed by atoms with Gasteiger partial charge in [0.15, 0.2) is 4.75 Å². The molecule has 39 heavy (non-hydrogen) atoms. The number of amides is 1. The van der Waals surface area contributed by atoms with Crippen LogP contribution in [0, 0.1) is 0 Å². The number of alkyl halides is 3. The third kappa shape index (κ3) is 6.53. The molecule has 2 aliphatic rings. The van der Waals surface area contributed by atoms with Crippen LogP contribution in [0.25, 0.3) is 0 Å². The Morgan fingerprint density at radius 1 is 1.03 bits per heavy atom. The average Bonchev–Trinajstić information content (AvgIpc) is 2.95. The molecule has 2 aromatic rings. The van der Waals surface area contributed by atoms with Crippen molar-refractivity contribution in [2.75, 3.05) is 55.7 Å². The molecule has 214 valence electrons. The smallest absolute Gasteiger partial charge is 0.389 e. The van der Waals surface area contributed by atoms with Crippen LogP contribution in [0.1, 0.15) is 25.7 Å². The molecule has 0 aliphatic carbocycles. The molecule has 1 aromatic heterocycles. The molecule has 0 saturated carbocycles. The first-order valence-corrected chi connectivity index (χ1v) is 14.0. The fraction of sp³-hybridized carbons (Fsp3) is 0.542. The second-order valence-electron chi connectivity index (χ2n) is 9.44. The van der Waals surface area contributed by atoms with E-state index in [1.807, 2.05) is 9.80 Å². The number of hydrogen-bond acceptors (Lipinski definition) is 9. The molecular formula is C24H31F3N6O5S. The Labute approximate surface area is 224 Å². The number of hydroxylamine groups is 1. The van der Waals surface area contributed by atoms with Crippen LogP contribution in [-0.2, 0) is 14.8 Å². The molecule has 2 aliphatic heterocycles. The Hall–Kier alpha value is -3.17. The van der Waals surface area contributed by atoms with Crippen LogP contribution < -0.4 is 20.0 Å². The Balaban J connectivity index is 1.36. The number of piperazine rings is 1. The minimum atomic E-state index is -4.21. The number of benzene rings is 1. The van der Waals surface area contributed by atoms with Crippen molar-refractivity contribution >= 4 is 27.4 Å². The van der Waals surface area contributed by atoms with Crippen LogP contribution in [0.4, 0.5) is 24.7 Å². The second kappa shape index (κ2) is 11.9. The Morgan fingerprint density at radius 3 is 2.26 bits per heavy atom. The minimum Gasteiger partial charge on any atom is -0.494 e. The van der Waals surface area contributed by atoms with Gasteiger partial charge in [-0.25, -0.2) is 18.9 Å². The summed E-state index contributed by atoms with van der Waals surface area (Å²) in [7, 11) is -4.13. The van der Waals surface area contributed by atoms with E-state index in [1.165, 1.54) is 16.7 Å². The summed E-state index contributed by atoms with van der Waals surface area (Å²) in [5.41, 5.74) is 2.39. The van der Waals surface area contributed by atoms with E-state index >= 15 is 0 Å². The summed E-state index contributed by atoms with van der Waals surface area (Å²) in [5, 5.41) is 9.43. The molecular weight excluding hydrogens is 541 g/mol. The molecule has 2 N–H and O–H groups in total. The quantitative estimate of drug-likeness (QED) is 0.264. The van der Waals surface area contributed by atoms with Gasteiger partial charge < -0.3 is 14.5 Å². The van der Waals surface area contributed by atoms with Crippen molar-refractivity contribution in [3.8, 4) is 5.75 Å². The number of carbonyl (C=O) groups excluding carboxylic acids is 1. The Morgan fingerprint density at radius 2 is 1.69 bits per heavy atom. The zero-order valence-corrected chi connectivity index (χ0v) is 22.0. The maximum Gasteiger partial charge on any atom is 0.389 e. The number of nitrogens with zero attached hydrogens (tertiary/aromatic N) is 5. The summed E-state index contributed by atoms with van der Waals surface area (Å²) >= 11 is 0. The zero-order chi connectivity index (χ0) is 28.1. The number of piperidine rings is 1. The van der Waals surface area contributed by atoms with Crippen molar-refractivity contribution in [1.82, 2.24) is 19.8 Å². The fourth-order valence-corrected chi connectivity index (χ4v) is 7.02. The van der Waals surface area contributed by atoms with Gasteiger partial charge in [0.05, 0.1) is 12.8 Å². The van der Waals surface area contributed by atoms with Crippen molar-refractivity contribution in [2.45, 2.75) is 36.6 Å². The van der Waals surface area contributed by atoms with Gasteiger partial charge in [-0.3, -0.25) is 15.0 Å². The molecule has 0 atom stereocenters. The molecule has 4 rings (SSSR count). The highest BCUT2D eigenvalue weighted by atomic mass is 32.2. The molecule has 0 bridgehead atoms. The largest absolute Gasteiger partial charge is 0.494 e. The predicted octanol–water partition coefficient (Wildman–Crippen LogP) is 2.19. The lowest BCUT2D eigenvalue weighted by atomic mass is 9.95. The molecule has 3 heterocycles. The van der Waals surface area contributed by atoms with Gasteiger partial charge in [-0.1, -0.05) is 0 Å². The standard InChI is InChI=1S/C24H31F3N6O5S/c25-24(26,27)6-1-17-38-20-4-2-19(3-5-20)31-13-15-33(16-14-31)39(36,37)23(22(34)30-35)7-11-32(12-8-23)21-18-28-9-10-29-21/h2-5,9-10,18,35H,1,6-8,11-17H2,(H,30,34). The average molecular weight is 573 g/mol. The number of anilines is 2. The molecule has 0 unspecified atom stereocenters. The number of rotatable bonds is 9. The van der Waals surface area contributed by atoms with E-state index in [1.54, 1.807) is 35.9 Å². The summed E-state index contributed by atoms with van der Waals surface area (Å²) < 4.78 is 69.2. The van der Waals surface area contributed by atoms with Crippen LogP contribution in [0.3, 0.4) is 0 Å². The first kappa shape index (κ1) is 28.8. The lowest BCUT2D eigenvalue weighted by Crippen LogP contribution is -2.63. The second-order valence-corrected chi connectivity index (χ2v) is 11.7. The SMILES string of the molecule is O=C(NO)C1(S(=O)(=O)N2CCN(c3ccc(OCCCC(F)(F)F)cc3)CC2)CCN(c2cnccn2)CC1. The number of halogens is 3. The summed E-state index contributed by atoms with van der Waals surface area (Å²) in [4.78, 5) is 24.9. The number of carbonyl (C=O) groups is 1. The Bertz CT molecular complexity index is 1200. The van der Waals surface area contributed by atoms with Crippen molar-refractivity contribution < 1.29 is 36.3 Å². The molecule has 2 fully saturated rings. The zero-order valence-electron chi connectivity index (χ0n) is 21.2. The van der Waals surface area contributed by atoms with Gasteiger partial charge in [-0.05, 0) is 43.5 Å². The molecule has 0 radical (unpaired) electrons. The van der Waals surface area contributed by atoms with E-state index < -0.39 is 33.3 Å². The van der Waals surface area contributed by atoms with Gasteiger partial charge in [0.2, 0.25) is 10.0 Å². The first-order chi connectivity index (χ1) is 18.6. The number of sulfonamides is 1. The van der Waals surface area contributed by atoms with E-state index in [4.69, 9.17) is 4.74 Å². The molecule has 15 heteroatoms. The van der Waals surface area contributed by atoms with E-state index in [0.717, 1.165) is 5.69 Å². The normalized spacial score (nSPS) is 18.6. The van der Waals surface area contributed by atoms with Crippen molar-refractivity contribution in [3.05, 3.63) is 42.9 Å². The third-order valence-corrected chi connectivity index (χ3v) is 9.73. The van der Waals surface area contributed by atoms with Gasteiger partial charge in [-0.15, -0.1) is 0 Å². The molecule has 11 nitrogen and oxygen atoms in total. The molecule has 1 aromatic carbocycles. The van der Waals surface area contributed by atoms with Crippen LogP contribution in [0.5, 0.6) is 5.75 Å². The van der Waals surface area contributed by atoms with Crippen molar-refractivity contribution in [3.63, 3.8) is 0 Å². The summed E-state index contributed by atoms with van der Waals surface area (Å²) in [5.74, 6) is 0.0840. The topological polar surface area (TPSA) is 128 Å². The van der Waals surface area contributed by atoms with Gasteiger partial charge >= 0.3 is 6.18 Å². The highest BCUT2D eigenvalue weighted by Gasteiger charge is 2.55. The fourth-order valence-electron chi connectivity index (χ4n) is 4.91. The van der Waals surface area contributed by atoms with E-state index in [2.05, 4.69) is 9.97 Å². The summed E-state index contributed by atoms with van der Waals surface area (Å²) in [6.07, 6.45) is -0.654. The van der Waals surface area contributed by atoms with E-state index in [-0.39, 0.29) is 52.0 Å². The van der Waals surface area contributed by atoms with Gasteiger partial charge in [-0.2, -0.15) is 17.5 Å². The highest BCUT2D eigenvalue weighted by Crippen LogP contribution is 2.35. The lowest BCUT2D eigenvalue weighted by molar-refractivity contribution is -0.136. The number of nitrogens with one attached hydrogen (secondary N) is 1. The molecule has 0 spiro atoms. The molecule has 2 saturated heterocycles. The van der Waals surface area contributed by atoms with Crippen LogP contribution in [0.15, 0.2) is 42.9 Å². The number of aromatic nitrogens is 2. The number of ether oxygens (including phenoxy) is 1. The Kier molecular flexibility index (Phi) is 8.81. The van der Waals surface area contributed by atoms with Crippen molar-refractivity contribution in [2.24, 2.45) is 0 Å². The maximum atomic E-state index is 13.8.